The van der Waals surface area contributed by atoms with E-state index in [2.05, 4.69) is 67.7 Å². The van der Waals surface area contributed by atoms with Crippen LogP contribution in [0.4, 0.5) is 0 Å². The van der Waals surface area contributed by atoms with E-state index in [1.165, 1.54) is 7.11 Å². The van der Waals surface area contributed by atoms with Gasteiger partial charge < -0.3 is 24.1 Å². The van der Waals surface area contributed by atoms with Crippen molar-refractivity contribution in [2.75, 3.05) is 13.7 Å². The van der Waals surface area contributed by atoms with Crippen molar-refractivity contribution in [2.24, 2.45) is 5.73 Å². The molecular formula is C20H41NO7SSi2. The maximum atomic E-state index is 12.5. The molecule has 11 heteroatoms. The summed E-state index contributed by atoms with van der Waals surface area (Å²) >= 11 is 0. The number of nitrogens with two attached hydrogens (primary N) is 1. The van der Waals surface area contributed by atoms with Gasteiger partial charge in [-0.1, -0.05) is 41.5 Å². The quantitative estimate of drug-likeness (QED) is 0.439. The highest BCUT2D eigenvalue weighted by molar-refractivity contribution is 7.90. The predicted molar refractivity (Wildman–Crippen MR) is 126 cm³/mol. The van der Waals surface area contributed by atoms with Crippen molar-refractivity contribution >= 4 is 26.8 Å². The lowest BCUT2D eigenvalue weighted by molar-refractivity contribution is -0.149. The number of hydrogen-bond acceptors (Lipinski definition) is 8. The fourth-order valence-corrected chi connectivity index (χ4v) is 6.66. The molecule has 2 aliphatic rings. The van der Waals surface area contributed by atoms with Crippen LogP contribution in [0.2, 0.25) is 36.3 Å². The molecule has 0 aromatic heterocycles. The largest absolute Gasteiger partial charge is 0.414 e. The standard InChI is InChI=1S/C20H41NO7SSi2/c1-18(2,3)30(8,9)25-12-15-20(14(21)13-29(22,23)28-20)16(17(24-7)26-15)27-31(10,11)19(4,5)6/h13,15-17H,12,21H2,1-11H3. The zero-order valence-corrected chi connectivity index (χ0v) is 23.7. The van der Waals surface area contributed by atoms with Gasteiger partial charge in [-0.15, -0.1) is 0 Å². The number of ether oxygens (including phenoxy) is 2. The van der Waals surface area contributed by atoms with E-state index in [9.17, 15) is 8.42 Å². The zero-order valence-electron chi connectivity index (χ0n) is 20.9. The Morgan fingerprint density at radius 3 is 1.97 bits per heavy atom. The van der Waals surface area contributed by atoms with Crippen LogP contribution in [0, 0.1) is 0 Å². The summed E-state index contributed by atoms with van der Waals surface area (Å²) < 4.78 is 55.3. The van der Waals surface area contributed by atoms with Gasteiger partial charge in [-0.25, -0.2) is 4.18 Å². The first-order valence-electron chi connectivity index (χ1n) is 10.6. The Hall–Kier alpha value is -0.276. The minimum Gasteiger partial charge on any atom is -0.414 e. The highest BCUT2D eigenvalue weighted by atomic mass is 32.2. The minimum absolute atomic E-state index is 0.0273. The zero-order chi connectivity index (χ0) is 24.3. The van der Waals surface area contributed by atoms with Crippen LogP contribution in [0.5, 0.6) is 0 Å². The fraction of sp³-hybridized carbons (Fsp3) is 0.900. The van der Waals surface area contributed by atoms with Gasteiger partial charge in [0.25, 0.3) is 10.1 Å². The summed E-state index contributed by atoms with van der Waals surface area (Å²) in [5.74, 6) is 0. The van der Waals surface area contributed by atoms with E-state index in [1.807, 2.05) is 0 Å². The molecule has 31 heavy (non-hydrogen) atoms. The molecule has 182 valence electrons. The Morgan fingerprint density at radius 2 is 1.58 bits per heavy atom. The highest BCUT2D eigenvalue weighted by Gasteiger charge is 2.67. The fourth-order valence-electron chi connectivity index (χ4n) is 3.16. The average molecular weight is 496 g/mol. The summed E-state index contributed by atoms with van der Waals surface area (Å²) in [6.45, 7) is 21.2. The lowest BCUT2D eigenvalue weighted by Crippen LogP contribution is -2.59. The maximum Gasteiger partial charge on any atom is 0.292 e. The van der Waals surface area contributed by atoms with Crippen molar-refractivity contribution in [1.82, 2.24) is 0 Å². The molecule has 4 unspecified atom stereocenters. The Bertz CT molecular complexity index is 814. The summed E-state index contributed by atoms with van der Waals surface area (Å²) in [6.07, 6.45) is -2.49. The molecule has 0 bridgehead atoms. The SMILES string of the molecule is COC1OC(CO[Si](C)(C)C(C)(C)C)C2(OS(=O)(=O)C=C2N)C1O[Si](C)(C)C(C)(C)C. The van der Waals surface area contributed by atoms with Crippen LogP contribution in [-0.2, 0) is 32.6 Å². The van der Waals surface area contributed by atoms with Crippen molar-refractivity contribution in [1.29, 1.82) is 0 Å². The summed E-state index contributed by atoms with van der Waals surface area (Å²) in [7, 11) is -7.00. The third-order valence-electron chi connectivity index (χ3n) is 7.28. The van der Waals surface area contributed by atoms with Crippen LogP contribution >= 0.6 is 0 Å². The molecule has 0 radical (unpaired) electrons. The molecule has 2 heterocycles. The molecule has 0 saturated carbocycles. The van der Waals surface area contributed by atoms with Gasteiger partial charge in [0.2, 0.25) is 0 Å². The molecule has 8 nitrogen and oxygen atoms in total. The van der Waals surface area contributed by atoms with Gasteiger partial charge in [-0.05, 0) is 36.3 Å². The third kappa shape index (κ3) is 4.98. The summed E-state index contributed by atoms with van der Waals surface area (Å²) in [5, 5.41) is 0.800. The number of rotatable bonds is 6. The normalized spacial score (nSPS) is 32.0. The van der Waals surface area contributed by atoms with E-state index in [-0.39, 0.29) is 22.4 Å². The van der Waals surface area contributed by atoms with Gasteiger partial charge in [-0.2, -0.15) is 8.42 Å². The maximum absolute atomic E-state index is 12.5. The summed E-state index contributed by atoms with van der Waals surface area (Å²) in [5.41, 5.74) is 4.84. The Labute approximate surface area is 190 Å². The van der Waals surface area contributed by atoms with E-state index in [0.29, 0.717) is 0 Å². The second kappa shape index (κ2) is 8.19. The lowest BCUT2D eigenvalue weighted by atomic mass is 9.90. The second-order valence-corrected chi connectivity index (χ2v) is 22.5. The van der Waals surface area contributed by atoms with Gasteiger partial charge in [0.1, 0.15) is 12.2 Å². The second-order valence-electron chi connectivity index (χ2n) is 11.5. The van der Waals surface area contributed by atoms with Gasteiger partial charge >= 0.3 is 0 Å². The van der Waals surface area contributed by atoms with Crippen LogP contribution in [0.25, 0.3) is 0 Å². The van der Waals surface area contributed by atoms with Crippen LogP contribution in [0.15, 0.2) is 11.1 Å². The summed E-state index contributed by atoms with van der Waals surface area (Å²) in [6, 6.07) is 0. The van der Waals surface area contributed by atoms with E-state index in [0.717, 1.165) is 5.41 Å². The molecule has 2 N–H and O–H groups in total. The van der Waals surface area contributed by atoms with E-state index >= 15 is 0 Å². The first kappa shape index (κ1) is 27.0. The summed E-state index contributed by atoms with van der Waals surface area (Å²) in [4.78, 5) is 0. The van der Waals surface area contributed by atoms with Crippen molar-refractivity contribution < 1.29 is 30.9 Å². The molecule has 1 saturated heterocycles. The Kier molecular flexibility index (Phi) is 7.13. The van der Waals surface area contributed by atoms with Gasteiger partial charge in [0.05, 0.1) is 17.7 Å². The molecule has 4 atom stereocenters. The number of hydrogen-bond donors (Lipinski definition) is 1. The molecule has 2 aliphatic heterocycles. The van der Waals surface area contributed by atoms with Crippen molar-refractivity contribution in [3.8, 4) is 0 Å². The van der Waals surface area contributed by atoms with E-state index < -0.39 is 50.9 Å². The van der Waals surface area contributed by atoms with Gasteiger partial charge in [0.15, 0.2) is 28.5 Å². The van der Waals surface area contributed by atoms with Crippen molar-refractivity contribution in [3.05, 3.63) is 11.1 Å². The first-order valence-corrected chi connectivity index (χ1v) is 17.9. The lowest BCUT2D eigenvalue weighted by Gasteiger charge is -2.43. The van der Waals surface area contributed by atoms with Crippen molar-refractivity contribution in [3.63, 3.8) is 0 Å². The average Bonchev–Trinajstić information content (AvgIpc) is 2.97. The molecule has 0 aliphatic carbocycles. The van der Waals surface area contributed by atoms with Gasteiger partial charge in [-0.3, -0.25) is 0 Å². The molecule has 0 aromatic rings. The van der Waals surface area contributed by atoms with E-state index in [4.69, 9.17) is 28.2 Å². The topological polar surface area (TPSA) is 106 Å². The Balaban J connectivity index is 2.49. The van der Waals surface area contributed by atoms with Crippen molar-refractivity contribution in [2.45, 2.75) is 102 Å². The Morgan fingerprint density at radius 1 is 1.06 bits per heavy atom. The van der Waals surface area contributed by atoms with E-state index in [1.54, 1.807) is 0 Å². The third-order valence-corrected chi connectivity index (χ3v) is 17.3. The molecular weight excluding hydrogens is 454 g/mol. The molecule has 1 fully saturated rings. The first-order chi connectivity index (χ1) is 13.7. The predicted octanol–water partition coefficient (Wildman–Crippen LogP) is 3.67. The van der Waals surface area contributed by atoms with Crippen LogP contribution in [-0.4, -0.2) is 62.9 Å². The molecule has 1 spiro atoms. The highest BCUT2D eigenvalue weighted by Crippen LogP contribution is 2.49. The van der Waals surface area contributed by atoms with Crippen LogP contribution in [0.1, 0.15) is 41.5 Å². The number of methoxy groups -OCH3 is 1. The molecule has 2 rings (SSSR count). The minimum atomic E-state index is -3.99. The van der Waals surface area contributed by atoms with Crippen LogP contribution in [0.3, 0.4) is 0 Å². The molecule has 0 aromatic carbocycles. The monoisotopic (exact) mass is 495 g/mol. The molecule has 0 amide bonds. The van der Waals surface area contributed by atoms with Gasteiger partial charge in [0, 0.05) is 7.11 Å². The smallest absolute Gasteiger partial charge is 0.292 e. The van der Waals surface area contributed by atoms with Crippen LogP contribution < -0.4 is 5.73 Å².